The summed E-state index contributed by atoms with van der Waals surface area (Å²) in [5.74, 6) is -0.0998. The molecule has 0 aliphatic carbocycles. The van der Waals surface area contributed by atoms with Crippen molar-refractivity contribution < 1.29 is 9.90 Å². The van der Waals surface area contributed by atoms with Gasteiger partial charge in [0.25, 0.3) is 0 Å². The molecule has 2 N–H and O–H groups in total. The van der Waals surface area contributed by atoms with Gasteiger partial charge in [-0.15, -0.1) is 12.4 Å². The highest BCUT2D eigenvalue weighted by Gasteiger charge is 2.13. The Bertz CT molecular complexity index is 341. The normalized spacial score (nSPS) is 12.6. The van der Waals surface area contributed by atoms with Gasteiger partial charge in [-0.3, -0.25) is 0 Å². The van der Waals surface area contributed by atoms with Crippen molar-refractivity contribution in [3.8, 4) is 0 Å². The highest BCUT2D eigenvalue weighted by Crippen LogP contribution is 2.19. The summed E-state index contributed by atoms with van der Waals surface area (Å²) in [7, 11) is 0. The Kier molecular flexibility index (Phi) is 2.72. The molecule has 0 aromatic carbocycles. The molecule has 0 radical (unpaired) electrons. The van der Waals surface area contributed by atoms with Crippen LogP contribution in [0.25, 0.3) is 0 Å². The van der Waals surface area contributed by atoms with Gasteiger partial charge in [0.15, 0.2) is 0 Å². The first-order chi connectivity index (χ1) is 5.77. The van der Waals surface area contributed by atoms with Crippen molar-refractivity contribution >= 4 is 24.2 Å². The molecule has 1 aromatic heterocycles. The second-order valence-electron chi connectivity index (χ2n) is 2.71. The molecule has 0 amide bonds. The topological polar surface area (TPSA) is 62.2 Å². The van der Waals surface area contributed by atoms with E-state index >= 15 is 0 Å². The van der Waals surface area contributed by atoms with E-state index in [1.165, 1.54) is 6.20 Å². The van der Waals surface area contributed by atoms with Crippen LogP contribution in [0.2, 0.25) is 0 Å². The lowest BCUT2D eigenvalue weighted by Crippen LogP contribution is -1.98. The minimum Gasteiger partial charge on any atom is -0.478 e. The van der Waals surface area contributed by atoms with Gasteiger partial charge < -0.3 is 10.4 Å². The summed E-state index contributed by atoms with van der Waals surface area (Å²) >= 11 is 0. The van der Waals surface area contributed by atoms with Crippen LogP contribution in [0.5, 0.6) is 0 Å². The third-order valence-electron chi connectivity index (χ3n) is 1.90. The van der Waals surface area contributed by atoms with Crippen LogP contribution in [-0.2, 0) is 6.42 Å². The molecule has 1 aliphatic heterocycles. The van der Waals surface area contributed by atoms with Crippen LogP contribution in [0.3, 0.4) is 0 Å². The van der Waals surface area contributed by atoms with Crippen molar-refractivity contribution in [2.75, 3.05) is 11.9 Å². The van der Waals surface area contributed by atoms with Gasteiger partial charge in [0.2, 0.25) is 0 Å². The average Bonchev–Trinajstić information content (AvgIpc) is 2.49. The molecule has 0 saturated heterocycles. The molecular formula is C8H9ClN2O2. The fourth-order valence-electron chi connectivity index (χ4n) is 1.29. The number of halogens is 1. The number of carboxylic acids is 1. The van der Waals surface area contributed by atoms with Crippen LogP contribution in [0, 0.1) is 0 Å². The van der Waals surface area contributed by atoms with Crippen molar-refractivity contribution in [2.24, 2.45) is 0 Å². The van der Waals surface area contributed by atoms with Crippen LogP contribution in [-0.4, -0.2) is 22.6 Å². The summed E-state index contributed by atoms with van der Waals surface area (Å²) in [6.07, 6.45) is 2.24. The van der Waals surface area contributed by atoms with E-state index in [2.05, 4.69) is 10.3 Å². The Labute approximate surface area is 81.4 Å². The van der Waals surface area contributed by atoms with Crippen molar-refractivity contribution in [2.45, 2.75) is 6.42 Å². The van der Waals surface area contributed by atoms with E-state index in [0.29, 0.717) is 0 Å². The first kappa shape index (κ1) is 9.80. The van der Waals surface area contributed by atoms with Crippen LogP contribution in [0.4, 0.5) is 5.82 Å². The smallest absolute Gasteiger partial charge is 0.337 e. The Morgan fingerprint density at radius 1 is 1.62 bits per heavy atom. The predicted molar refractivity (Wildman–Crippen MR) is 50.6 cm³/mol. The van der Waals surface area contributed by atoms with E-state index in [0.717, 1.165) is 24.3 Å². The lowest BCUT2D eigenvalue weighted by atomic mass is 10.2. The van der Waals surface area contributed by atoms with Crippen molar-refractivity contribution in [1.82, 2.24) is 4.98 Å². The highest BCUT2D eigenvalue weighted by atomic mass is 35.5. The minimum absolute atomic E-state index is 0. The second-order valence-corrected chi connectivity index (χ2v) is 2.71. The maximum absolute atomic E-state index is 10.5. The molecule has 70 valence electrons. The fourth-order valence-corrected chi connectivity index (χ4v) is 1.29. The molecule has 0 spiro atoms. The number of aromatic nitrogens is 1. The molecule has 0 atom stereocenters. The summed E-state index contributed by atoms with van der Waals surface area (Å²) in [6, 6.07) is 1.67. The molecule has 0 saturated carbocycles. The van der Waals surface area contributed by atoms with Gasteiger partial charge in [0.1, 0.15) is 5.82 Å². The highest BCUT2D eigenvalue weighted by molar-refractivity contribution is 5.88. The lowest BCUT2D eigenvalue weighted by Gasteiger charge is -1.98. The van der Waals surface area contributed by atoms with Gasteiger partial charge in [-0.05, 0) is 18.1 Å². The van der Waals surface area contributed by atoms with Gasteiger partial charge in [0, 0.05) is 12.7 Å². The maximum atomic E-state index is 10.5. The molecule has 1 aliphatic rings. The number of carboxylic acid groups (broad SMARTS) is 1. The Balaban J connectivity index is 0.000000845. The second kappa shape index (κ2) is 3.62. The Morgan fingerprint density at radius 3 is 3.08 bits per heavy atom. The number of rotatable bonds is 1. The Morgan fingerprint density at radius 2 is 2.38 bits per heavy atom. The summed E-state index contributed by atoms with van der Waals surface area (Å²) in [5.41, 5.74) is 1.26. The summed E-state index contributed by atoms with van der Waals surface area (Å²) < 4.78 is 0. The Hall–Kier alpha value is -1.29. The zero-order chi connectivity index (χ0) is 8.55. The summed E-state index contributed by atoms with van der Waals surface area (Å²) in [5, 5.41) is 11.7. The van der Waals surface area contributed by atoms with E-state index < -0.39 is 5.97 Å². The standard InChI is InChI=1S/C8H8N2O2.ClH/c11-8(12)6-3-5-1-2-9-7(5)10-4-6;/h3-4H,1-2H2,(H,9,10)(H,11,12);1H. The number of fused-ring (bicyclic) bond motifs is 1. The molecule has 13 heavy (non-hydrogen) atoms. The first-order valence-electron chi connectivity index (χ1n) is 3.73. The van der Waals surface area contributed by atoms with E-state index in [-0.39, 0.29) is 18.0 Å². The molecule has 2 rings (SSSR count). The zero-order valence-electron chi connectivity index (χ0n) is 6.78. The first-order valence-corrected chi connectivity index (χ1v) is 3.73. The van der Waals surface area contributed by atoms with Crippen LogP contribution in [0.1, 0.15) is 15.9 Å². The van der Waals surface area contributed by atoms with Crippen LogP contribution >= 0.6 is 12.4 Å². The molecule has 0 unspecified atom stereocenters. The number of pyridine rings is 1. The zero-order valence-corrected chi connectivity index (χ0v) is 7.60. The molecule has 5 heteroatoms. The van der Waals surface area contributed by atoms with Crippen LogP contribution in [0.15, 0.2) is 12.3 Å². The van der Waals surface area contributed by atoms with Gasteiger partial charge in [-0.2, -0.15) is 0 Å². The van der Waals surface area contributed by atoms with Crippen LogP contribution < -0.4 is 5.32 Å². The minimum atomic E-state index is -0.919. The monoisotopic (exact) mass is 200 g/mol. The van der Waals surface area contributed by atoms with E-state index in [4.69, 9.17) is 5.11 Å². The maximum Gasteiger partial charge on any atom is 0.337 e. The molecule has 0 fully saturated rings. The summed E-state index contributed by atoms with van der Waals surface area (Å²) in [6.45, 7) is 0.853. The number of anilines is 1. The molecule has 0 bridgehead atoms. The van der Waals surface area contributed by atoms with Gasteiger partial charge in [0.05, 0.1) is 5.56 Å². The number of nitrogens with zero attached hydrogens (tertiary/aromatic N) is 1. The number of hydrogen-bond donors (Lipinski definition) is 2. The van der Waals surface area contributed by atoms with Gasteiger partial charge >= 0.3 is 5.97 Å². The van der Waals surface area contributed by atoms with E-state index in [9.17, 15) is 4.79 Å². The number of nitrogens with one attached hydrogen (secondary N) is 1. The molecule has 2 heterocycles. The molecular weight excluding hydrogens is 192 g/mol. The number of carbonyl (C=O) groups is 1. The third-order valence-corrected chi connectivity index (χ3v) is 1.90. The predicted octanol–water partition coefficient (Wildman–Crippen LogP) is 1.17. The van der Waals surface area contributed by atoms with E-state index in [1.54, 1.807) is 6.07 Å². The van der Waals surface area contributed by atoms with Crippen molar-refractivity contribution in [3.05, 3.63) is 23.4 Å². The average molecular weight is 201 g/mol. The van der Waals surface area contributed by atoms with Crippen molar-refractivity contribution in [1.29, 1.82) is 0 Å². The number of aromatic carboxylic acids is 1. The van der Waals surface area contributed by atoms with E-state index in [1.807, 2.05) is 0 Å². The molecule has 1 aromatic rings. The lowest BCUT2D eigenvalue weighted by molar-refractivity contribution is 0.0696. The third kappa shape index (κ3) is 1.72. The summed E-state index contributed by atoms with van der Waals surface area (Å²) in [4.78, 5) is 14.5. The fraction of sp³-hybridized carbons (Fsp3) is 0.250. The quantitative estimate of drug-likeness (QED) is 0.715. The molecule has 4 nitrogen and oxygen atoms in total. The largest absolute Gasteiger partial charge is 0.478 e. The SMILES string of the molecule is Cl.O=C(O)c1cnc2c(c1)CCN2. The van der Waals surface area contributed by atoms with Gasteiger partial charge in [-0.1, -0.05) is 0 Å². The number of hydrogen-bond acceptors (Lipinski definition) is 3. The van der Waals surface area contributed by atoms with Gasteiger partial charge in [-0.25, -0.2) is 9.78 Å². The van der Waals surface area contributed by atoms with Crippen molar-refractivity contribution in [3.63, 3.8) is 0 Å².